The van der Waals surface area contributed by atoms with Gasteiger partial charge in [-0.05, 0) is 29.0 Å². The zero-order valence-electron chi connectivity index (χ0n) is 14.3. The van der Waals surface area contributed by atoms with E-state index >= 15 is 0 Å². The molecule has 0 fully saturated rings. The van der Waals surface area contributed by atoms with Gasteiger partial charge in [-0.2, -0.15) is 0 Å². The summed E-state index contributed by atoms with van der Waals surface area (Å²) in [5.74, 6) is -0.784. The SMILES string of the molecule is CC(C)c1ccccc1NC(=O)COC(=O)CCC(=O)c1cccs1. The number of esters is 1. The van der Waals surface area contributed by atoms with Crippen LogP contribution in [0.4, 0.5) is 5.69 Å². The summed E-state index contributed by atoms with van der Waals surface area (Å²) in [7, 11) is 0. The van der Waals surface area contributed by atoms with Crippen LogP contribution in [0, 0.1) is 0 Å². The van der Waals surface area contributed by atoms with Crippen LogP contribution in [0.1, 0.15) is 47.8 Å². The molecule has 25 heavy (non-hydrogen) atoms. The highest BCUT2D eigenvalue weighted by molar-refractivity contribution is 7.12. The van der Waals surface area contributed by atoms with Crippen molar-refractivity contribution >= 4 is 34.7 Å². The highest BCUT2D eigenvalue weighted by Crippen LogP contribution is 2.23. The Balaban J connectivity index is 1.76. The Bertz CT molecular complexity index is 738. The van der Waals surface area contributed by atoms with Crippen molar-refractivity contribution in [2.75, 3.05) is 11.9 Å². The van der Waals surface area contributed by atoms with Crippen LogP contribution in [0.25, 0.3) is 0 Å². The van der Waals surface area contributed by atoms with Crippen molar-refractivity contribution in [3.8, 4) is 0 Å². The van der Waals surface area contributed by atoms with Gasteiger partial charge in [-0.3, -0.25) is 14.4 Å². The summed E-state index contributed by atoms with van der Waals surface area (Å²) in [6.45, 7) is 3.71. The van der Waals surface area contributed by atoms with Crippen molar-refractivity contribution < 1.29 is 19.1 Å². The van der Waals surface area contributed by atoms with Crippen LogP contribution in [0.3, 0.4) is 0 Å². The first-order chi connectivity index (χ1) is 12.0. The van der Waals surface area contributed by atoms with Gasteiger partial charge in [0.2, 0.25) is 0 Å². The molecule has 1 aromatic heterocycles. The molecule has 132 valence electrons. The maximum Gasteiger partial charge on any atom is 0.306 e. The second-order valence-electron chi connectivity index (χ2n) is 5.85. The van der Waals surface area contributed by atoms with E-state index in [-0.39, 0.29) is 31.1 Å². The van der Waals surface area contributed by atoms with Crippen LogP contribution in [-0.4, -0.2) is 24.3 Å². The van der Waals surface area contributed by atoms with E-state index in [1.165, 1.54) is 11.3 Å². The van der Waals surface area contributed by atoms with Gasteiger partial charge < -0.3 is 10.1 Å². The number of ether oxygens (including phenoxy) is 1. The molecule has 0 aliphatic rings. The Morgan fingerprint density at radius 2 is 1.84 bits per heavy atom. The van der Waals surface area contributed by atoms with Gasteiger partial charge in [0, 0.05) is 12.1 Å². The van der Waals surface area contributed by atoms with Gasteiger partial charge in [-0.25, -0.2) is 0 Å². The molecule has 0 aliphatic carbocycles. The van der Waals surface area contributed by atoms with E-state index in [9.17, 15) is 14.4 Å². The fourth-order valence-electron chi connectivity index (χ4n) is 2.29. The molecular weight excluding hydrogens is 338 g/mol. The number of thiophene rings is 1. The molecule has 6 heteroatoms. The molecule has 1 amide bonds. The number of benzene rings is 1. The molecule has 0 atom stereocenters. The average molecular weight is 359 g/mol. The van der Waals surface area contributed by atoms with Crippen LogP contribution >= 0.6 is 11.3 Å². The number of hydrogen-bond donors (Lipinski definition) is 1. The zero-order valence-corrected chi connectivity index (χ0v) is 15.1. The van der Waals surface area contributed by atoms with Crippen molar-refractivity contribution in [3.05, 3.63) is 52.2 Å². The molecule has 2 aromatic rings. The highest BCUT2D eigenvalue weighted by Gasteiger charge is 2.13. The summed E-state index contributed by atoms with van der Waals surface area (Å²) in [6.07, 6.45) is 0.0454. The molecule has 5 nitrogen and oxygen atoms in total. The number of ketones is 1. The van der Waals surface area contributed by atoms with Gasteiger partial charge >= 0.3 is 5.97 Å². The fourth-order valence-corrected chi connectivity index (χ4v) is 2.99. The second-order valence-corrected chi connectivity index (χ2v) is 6.80. The number of Topliss-reactive ketones (excluding diaryl/α,β-unsaturated/α-hetero) is 1. The Morgan fingerprint density at radius 3 is 2.52 bits per heavy atom. The highest BCUT2D eigenvalue weighted by atomic mass is 32.1. The van der Waals surface area contributed by atoms with Crippen molar-refractivity contribution in [1.82, 2.24) is 0 Å². The molecule has 0 radical (unpaired) electrons. The van der Waals surface area contributed by atoms with E-state index in [1.807, 2.05) is 43.5 Å². The van der Waals surface area contributed by atoms with Crippen molar-refractivity contribution in [2.24, 2.45) is 0 Å². The normalized spacial score (nSPS) is 10.5. The Labute approximate surface area is 151 Å². The van der Waals surface area contributed by atoms with E-state index in [0.29, 0.717) is 10.6 Å². The third-order valence-corrected chi connectivity index (χ3v) is 4.48. The Hall–Kier alpha value is -2.47. The number of para-hydroxylation sites is 1. The Kier molecular flexibility index (Phi) is 6.89. The summed E-state index contributed by atoms with van der Waals surface area (Å²) in [4.78, 5) is 36.1. The molecule has 2 rings (SSSR count). The van der Waals surface area contributed by atoms with Crippen molar-refractivity contribution in [1.29, 1.82) is 0 Å². The maximum atomic E-state index is 12.0. The predicted molar refractivity (Wildman–Crippen MR) is 98.0 cm³/mol. The van der Waals surface area contributed by atoms with Gasteiger partial charge in [0.05, 0.1) is 11.3 Å². The number of rotatable bonds is 8. The van der Waals surface area contributed by atoms with Crippen LogP contribution in [0.5, 0.6) is 0 Å². The van der Waals surface area contributed by atoms with Gasteiger partial charge in [-0.15, -0.1) is 11.3 Å². The third-order valence-electron chi connectivity index (χ3n) is 3.57. The third kappa shape index (κ3) is 5.83. The Morgan fingerprint density at radius 1 is 1.08 bits per heavy atom. The standard InChI is InChI=1S/C19H21NO4S/c1-13(2)14-6-3-4-7-15(14)20-18(22)12-24-19(23)10-9-16(21)17-8-5-11-25-17/h3-8,11,13H,9-10,12H2,1-2H3,(H,20,22). The van der Waals surface area contributed by atoms with Crippen LogP contribution in [-0.2, 0) is 14.3 Å². The minimum atomic E-state index is -0.558. The second kappa shape index (κ2) is 9.13. The predicted octanol–water partition coefficient (Wildman–Crippen LogP) is 4.02. The lowest BCUT2D eigenvalue weighted by Crippen LogP contribution is -2.21. The van der Waals surface area contributed by atoms with Crippen LogP contribution in [0.15, 0.2) is 41.8 Å². The lowest BCUT2D eigenvalue weighted by Gasteiger charge is -2.13. The monoisotopic (exact) mass is 359 g/mol. The molecule has 1 N–H and O–H groups in total. The molecule has 0 saturated carbocycles. The molecular formula is C19H21NO4S. The summed E-state index contributed by atoms with van der Waals surface area (Å²) in [6, 6.07) is 11.0. The van der Waals surface area contributed by atoms with Crippen molar-refractivity contribution in [3.63, 3.8) is 0 Å². The van der Waals surface area contributed by atoms with Crippen LogP contribution < -0.4 is 5.32 Å². The van der Waals surface area contributed by atoms with Crippen molar-refractivity contribution in [2.45, 2.75) is 32.6 Å². The number of nitrogens with one attached hydrogen (secondary N) is 1. The van der Waals surface area contributed by atoms with Gasteiger partial charge in [-0.1, -0.05) is 38.1 Å². The van der Waals surface area contributed by atoms with Crippen LogP contribution in [0.2, 0.25) is 0 Å². The molecule has 0 bridgehead atoms. The fraction of sp³-hybridized carbons (Fsp3) is 0.316. The molecule has 1 aromatic carbocycles. The number of carbonyl (C=O) groups is 3. The average Bonchev–Trinajstić information content (AvgIpc) is 3.13. The largest absolute Gasteiger partial charge is 0.456 e. The van der Waals surface area contributed by atoms with Gasteiger partial charge in [0.25, 0.3) is 5.91 Å². The lowest BCUT2D eigenvalue weighted by atomic mass is 10.0. The summed E-state index contributed by atoms with van der Waals surface area (Å²) in [5, 5.41) is 4.56. The summed E-state index contributed by atoms with van der Waals surface area (Å²) < 4.78 is 4.94. The lowest BCUT2D eigenvalue weighted by molar-refractivity contribution is -0.147. The molecule has 0 unspecified atom stereocenters. The first-order valence-corrected chi connectivity index (χ1v) is 8.96. The molecule has 0 spiro atoms. The zero-order chi connectivity index (χ0) is 18.2. The molecule has 0 aliphatic heterocycles. The van der Waals surface area contributed by atoms with E-state index in [4.69, 9.17) is 4.74 Å². The number of carbonyl (C=O) groups excluding carboxylic acids is 3. The minimum Gasteiger partial charge on any atom is -0.456 e. The number of anilines is 1. The molecule has 0 saturated heterocycles. The number of hydrogen-bond acceptors (Lipinski definition) is 5. The van der Waals surface area contributed by atoms with Gasteiger partial charge in [0.1, 0.15) is 0 Å². The maximum absolute atomic E-state index is 12.0. The van der Waals surface area contributed by atoms with E-state index in [1.54, 1.807) is 12.1 Å². The minimum absolute atomic E-state index is 0.0351. The number of amides is 1. The first kappa shape index (κ1) is 18.9. The van der Waals surface area contributed by atoms with E-state index < -0.39 is 11.9 Å². The summed E-state index contributed by atoms with van der Waals surface area (Å²) in [5.41, 5.74) is 1.73. The van der Waals surface area contributed by atoms with Gasteiger partial charge in [0.15, 0.2) is 12.4 Å². The smallest absolute Gasteiger partial charge is 0.306 e. The van der Waals surface area contributed by atoms with E-state index in [2.05, 4.69) is 5.32 Å². The van der Waals surface area contributed by atoms with E-state index in [0.717, 1.165) is 5.56 Å². The quantitative estimate of drug-likeness (QED) is 0.571. The topological polar surface area (TPSA) is 72.5 Å². The first-order valence-electron chi connectivity index (χ1n) is 8.08. The summed E-state index contributed by atoms with van der Waals surface area (Å²) >= 11 is 1.34. The molecule has 1 heterocycles.